The molecule has 1 rings (SSSR count). The molecule has 0 aromatic rings. The average Bonchev–Trinajstić information content (AvgIpc) is 2.15. The number of nitrogens with one attached hydrogen (secondary N) is 1. The lowest BCUT2D eigenvalue weighted by molar-refractivity contribution is 0.0862. The molecule has 1 saturated carbocycles. The molecule has 3 N–H and O–H groups in total. The summed E-state index contributed by atoms with van der Waals surface area (Å²) >= 11 is 0. The summed E-state index contributed by atoms with van der Waals surface area (Å²) in [5.74, 6) is 0. The first-order valence-corrected chi connectivity index (χ1v) is 4.36. The number of hydrogen-bond acceptors (Lipinski definition) is 3. The molecule has 0 spiro atoms. The second-order valence-electron chi connectivity index (χ2n) is 3.09. The molecule has 0 unspecified atom stereocenters. The van der Waals surface area contributed by atoms with Crippen LogP contribution in [-0.4, -0.2) is 25.0 Å². The van der Waals surface area contributed by atoms with E-state index in [1.165, 1.54) is 0 Å². The van der Waals surface area contributed by atoms with Crippen LogP contribution in [0.2, 0.25) is 0 Å². The van der Waals surface area contributed by atoms with Gasteiger partial charge in [-0.15, -0.1) is 0 Å². The number of hydrogen-bond donors (Lipinski definition) is 2. The van der Waals surface area contributed by atoms with Crippen LogP contribution >= 0.6 is 0 Å². The van der Waals surface area contributed by atoms with E-state index < -0.39 is 6.03 Å². The topological polar surface area (TPSA) is 76.7 Å². The molecule has 2 amide bonds. The number of nitrogens with two attached hydrogens (primary N) is 1. The Labute approximate surface area is 77.3 Å². The third-order valence-electron chi connectivity index (χ3n) is 2.17. The van der Waals surface area contributed by atoms with Crippen LogP contribution in [0, 0.1) is 0 Å². The largest absolute Gasteiger partial charge is 0.381 e. The molecule has 0 atom stereocenters. The summed E-state index contributed by atoms with van der Waals surface area (Å²) in [4.78, 5) is 10.3. The summed E-state index contributed by atoms with van der Waals surface area (Å²) in [5.41, 5.74) is 8.11. The molecule has 74 valence electrons. The maximum absolute atomic E-state index is 10.3. The first-order valence-electron chi connectivity index (χ1n) is 4.36. The van der Waals surface area contributed by atoms with Crippen molar-refractivity contribution >= 4 is 11.7 Å². The minimum Gasteiger partial charge on any atom is -0.381 e. The fourth-order valence-corrected chi connectivity index (χ4v) is 1.41. The van der Waals surface area contributed by atoms with Gasteiger partial charge in [0.05, 0.1) is 6.10 Å². The fraction of sp³-hybridized carbons (Fsp3) is 0.750. The fourth-order valence-electron chi connectivity index (χ4n) is 1.41. The third-order valence-corrected chi connectivity index (χ3v) is 2.17. The maximum Gasteiger partial charge on any atom is 0.332 e. The first-order chi connectivity index (χ1) is 6.22. The Hall–Kier alpha value is -1.10. The number of methoxy groups -OCH3 is 1. The molecule has 0 saturated heterocycles. The maximum atomic E-state index is 10.3. The average molecular weight is 185 g/mol. The van der Waals surface area contributed by atoms with Crippen LogP contribution in [0.3, 0.4) is 0 Å². The van der Waals surface area contributed by atoms with Gasteiger partial charge in [-0.2, -0.15) is 5.10 Å². The van der Waals surface area contributed by atoms with Gasteiger partial charge in [0.1, 0.15) is 0 Å². The normalized spacial score (nSPS) is 22.5. The molecule has 5 heteroatoms. The molecule has 13 heavy (non-hydrogen) atoms. The van der Waals surface area contributed by atoms with Gasteiger partial charge in [0.25, 0.3) is 0 Å². The van der Waals surface area contributed by atoms with Gasteiger partial charge in [0.2, 0.25) is 0 Å². The van der Waals surface area contributed by atoms with Crippen molar-refractivity contribution in [1.29, 1.82) is 0 Å². The number of urea groups is 1. The lowest BCUT2D eigenvalue weighted by Gasteiger charge is -2.21. The van der Waals surface area contributed by atoms with Crippen molar-refractivity contribution < 1.29 is 9.53 Å². The Morgan fingerprint density at radius 1 is 1.62 bits per heavy atom. The highest BCUT2D eigenvalue weighted by Crippen LogP contribution is 2.17. The van der Waals surface area contributed by atoms with Gasteiger partial charge >= 0.3 is 6.03 Å². The van der Waals surface area contributed by atoms with Crippen molar-refractivity contribution in [2.24, 2.45) is 10.8 Å². The van der Waals surface area contributed by atoms with Crippen LogP contribution in [0.1, 0.15) is 25.7 Å². The van der Waals surface area contributed by atoms with E-state index in [-0.39, 0.29) is 0 Å². The van der Waals surface area contributed by atoms with Gasteiger partial charge < -0.3 is 10.5 Å². The second-order valence-corrected chi connectivity index (χ2v) is 3.09. The molecule has 0 aromatic heterocycles. The molecule has 1 aliphatic carbocycles. The number of primary amides is 1. The van der Waals surface area contributed by atoms with Crippen molar-refractivity contribution in [3.63, 3.8) is 0 Å². The lowest BCUT2D eigenvalue weighted by Crippen LogP contribution is -2.28. The molecule has 0 radical (unpaired) electrons. The smallest absolute Gasteiger partial charge is 0.332 e. The summed E-state index contributed by atoms with van der Waals surface area (Å²) < 4.78 is 5.20. The van der Waals surface area contributed by atoms with Crippen molar-refractivity contribution in [2.75, 3.05) is 7.11 Å². The minimum atomic E-state index is -0.610. The molecule has 0 aliphatic heterocycles. The van der Waals surface area contributed by atoms with Crippen LogP contribution < -0.4 is 11.2 Å². The van der Waals surface area contributed by atoms with Crippen LogP contribution in [0.5, 0.6) is 0 Å². The van der Waals surface area contributed by atoms with E-state index in [0.29, 0.717) is 6.10 Å². The summed E-state index contributed by atoms with van der Waals surface area (Å²) in [6, 6.07) is -0.610. The Bertz CT molecular complexity index is 205. The van der Waals surface area contributed by atoms with Gasteiger partial charge in [-0.1, -0.05) is 0 Å². The zero-order chi connectivity index (χ0) is 9.68. The highest BCUT2D eigenvalue weighted by atomic mass is 16.5. The highest BCUT2D eigenvalue weighted by Gasteiger charge is 2.16. The predicted octanol–water partition coefficient (Wildman–Crippen LogP) is 0.600. The first kappa shape index (κ1) is 9.98. The lowest BCUT2D eigenvalue weighted by atomic mass is 9.96. The van der Waals surface area contributed by atoms with E-state index in [1.807, 2.05) is 0 Å². The summed E-state index contributed by atoms with van der Waals surface area (Å²) in [5, 5.41) is 3.89. The Morgan fingerprint density at radius 2 is 2.23 bits per heavy atom. The summed E-state index contributed by atoms with van der Waals surface area (Å²) in [6.45, 7) is 0. The minimum absolute atomic E-state index is 0.340. The zero-order valence-corrected chi connectivity index (χ0v) is 7.75. The van der Waals surface area contributed by atoms with E-state index in [9.17, 15) is 4.79 Å². The molecule has 0 aromatic carbocycles. The third kappa shape index (κ3) is 3.42. The molecule has 1 fully saturated rings. The van der Waals surface area contributed by atoms with Crippen LogP contribution in [0.4, 0.5) is 4.79 Å². The van der Waals surface area contributed by atoms with Crippen molar-refractivity contribution in [3.8, 4) is 0 Å². The molecule has 5 nitrogen and oxygen atoms in total. The number of ether oxygens (including phenoxy) is 1. The van der Waals surface area contributed by atoms with E-state index >= 15 is 0 Å². The molecule has 0 heterocycles. The standard InChI is InChI=1S/C8H15N3O2/c1-13-7-4-2-6(3-5-7)10-11-8(9)12/h7H,2-5H2,1H3,(H3,9,11,12). The number of hydrazone groups is 1. The number of amides is 2. The monoisotopic (exact) mass is 185 g/mol. The zero-order valence-electron chi connectivity index (χ0n) is 7.75. The summed E-state index contributed by atoms with van der Waals surface area (Å²) in [6.07, 6.45) is 4.02. The second kappa shape index (κ2) is 4.81. The van der Waals surface area contributed by atoms with Crippen LogP contribution in [0.25, 0.3) is 0 Å². The van der Waals surface area contributed by atoms with Crippen molar-refractivity contribution in [3.05, 3.63) is 0 Å². The number of nitrogens with zero attached hydrogens (tertiary/aromatic N) is 1. The predicted molar refractivity (Wildman–Crippen MR) is 49.4 cm³/mol. The highest BCUT2D eigenvalue weighted by molar-refractivity contribution is 5.86. The van der Waals surface area contributed by atoms with Gasteiger partial charge in [0, 0.05) is 12.8 Å². The molecular weight excluding hydrogens is 170 g/mol. The Balaban J connectivity index is 2.31. The van der Waals surface area contributed by atoms with Gasteiger partial charge in [-0.05, 0) is 25.7 Å². The van der Waals surface area contributed by atoms with Crippen LogP contribution in [-0.2, 0) is 4.74 Å². The quantitative estimate of drug-likeness (QED) is 0.618. The Kier molecular flexibility index (Phi) is 3.70. The van der Waals surface area contributed by atoms with E-state index in [4.69, 9.17) is 10.5 Å². The number of carbonyl (C=O) groups excluding carboxylic acids is 1. The number of carbonyl (C=O) groups is 1. The molecule has 1 aliphatic rings. The van der Waals surface area contributed by atoms with E-state index in [2.05, 4.69) is 10.5 Å². The summed E-state index contributed by atoms with van der Waals surface area (Å²) in [7, 11) is 1.72. The van der Waals surface area contributed by atoms with Crippen molar-refractivity contribution in [2.45, 2.75) is 31.8 Å². The van der Waals surface area contributed by atoms with Gasteiger partial charge in [-0.3, -0.25) is 0 Å². The molecule has 0 bridgehead atoms. The molecular formula is C8H15N3O2. The SMILES string of the molecule is COC1CCC(=NNC(N)=O)CC1. The van der Waals surface area contributed by atoms with Gasteiger partial charge in [0.15, 0.2) is 0 Å². The van der Waals surface area contributed by atoms with E-state index in [0.717, 1.165) is 31.4 Å². The van der Waals surface area contributed by atoms with Crippen molar-refractivity contribution in [1.82, 2.24) is 5.43 Å². The number of rotatable bonds is 2. The van der Waals surface area contributed by atoms with Gasteiger partial charge in [-0.25, -0.2) is 10.2 Å². The van der Waals surface area contributed by atoms with Crippen LogP contribution in [0.15, 0.2) is 5.10 Å². The Morgan fingerprint density at radius 3 is 2.69 bits per heavy atom. The van der Waals surface area contributed by atoms with E-state index in [1.54, 1.807) is 7.11 Å².